The first-order valence-electron chi connectivity index (χ1n) is 6.97. The zero-order valence-electron chi connectivity index (χ0n) is 11.9. The van der Waals surface area contributed by atoms with Crippen LogP contribution < -0.4 is 5.32 Å². The maximum atomic E-state index is 12.3. The maximum absolute atomic E-state index is 12.3. The van der Waals surface area contributed by atoms with Gasteiger partial charge in [0.05, 0.1) is 0 Å². The van der Waals surface area contributed by atoms with Gasteiger partial charge in [0.2, 0.25) is 0 Å². The Kier molecular flexibility index (Phi) is 3.69. The van der Waals surface area contributed by atoms with Crippen LogP contribution in [0.15, 0.2) is 54.9 Å². The molecule has 0 saturated heterocycles. The normalized spacial score (nSPS) is 10.7. The minimum atomic E-state index is -0.0439. The van der Waals surface area contributed by atoms with E-state index in [0.717, 1.165) is 22.9 Å². The fraction of sp³-hybridized carbons (Fsp3) is 0.176. The molecular formula is C17H17N3O. The highest BCUT2D eigenvalue weighted by molar-refractivity contribution is 5.98. The minimum Gasteiger partial charge on any atom is -0.350 e. The summed E-state index contributed by atoms with van der Waals surface area (Å²) in [6.45, 7) is 0.603. The molecule has 0 radical (unpaired) electrons. The molecule has 0 aliphatic heterocycles. The molecule has 1 N–H and O–H groups in total. The number of benzene rings is 1. The molecule has 1 amide bonds. The molecule has 4 nitrogen and oxygen atoms in total. The Bertz CT molecular complexity index is 762. The van der Waals surface area contributed by atoms with E-state index in [0.29, 0.717) is 12.2 Å². The Morgan fingerprint density at radius 3 is 2.86 bits per heavy atom. The Labute approximate surface area is 123 Å². The summed E-state index contributed by atoms with van der Waals surface area (Å²) in [4.78, 5) is 16.3. The van der Waals surface area contributed by atoms with E-state index >= 15 is 0 Å². The second-order valence-corrected chi connectivity index (χ2v) is 5.01. The van der Waals surface area contributed by atoms with Crippen LogP contribution in [0.2, 0.25) is 0 Å². The number of hydrogen-bond donors (Lipinski definition) is 1. The molecule has 0 aliphatic carbocycles. The van der Waals surface area contributed by atoms with Crippen molar-refractivity contribution in [2.24, 2.45) is 7.05 Å². The van der Waals surface area contributed by atoms with E-state index in [-0.39, 0.29) is 5.91 Å². The molecule has 0 bridgehead atoms. The number of nitrogens with one attached hydrogen (secondary N) is 1. The van der Waals surface area contributed by atoms with Crippen LogP contribution in [0, 0.1) is 0 Å². The highest BCUT2D eigenvalue weighted by atomic mass is 16.1. The Hall–Kier alpha value is -2.62. The third kappa shape index (κ3) is 2.79. The number of nitrogens with zero attached hydrogens (tertiary/aromatic N) is 2. The third-order valence-corrected chi connectivity index (χ3v) is 3.61. The molecule has 0 saturated carbocycles. The molecule has 0 atom stereocenters. The summed E-state index contributed by atoms with van der Waals surface area (Å²) in [5, 5.41) is 4.04. The Morgan fingerprint density at radius 1 is 1.24 bits per heavy atom. The summed E-state index contributed by atoms with van der Waals surface area (Å²) >= 11 is 0. The molecule has 4 heteroatoms. The summed E-state index contributed by atoms with van der Waals surface area (Å²) in [6.07, 6.45) is 4.35. The Balaban J connectivity index is 1.68. The molecule has 3 rings (SSSR count). The van der Waals surface area contributed by atoms with Gasteiger partial charge in [-0.25, -0.2) is 0 Å². The predicted octanol–water partition coefficient (Wildman–Crippen LogP) is 2.55. The monoisotopic (exact) mass is 279 g/mol. The lowest BCUT2D eigenvalue weighted by Crippen LogP contribution is -2.27. The van der Waals surface area contributed by atoms with Crippen LogP contribution in [0.1, 0.15) is 16.1 Å². The quantitative estimate of drug-likeness (QED) is 0.798. The highest BCUT2D eigenvalue weighted by Gasteiger charge is 2.12. The van der Waals surface area contributed by atoms with Gasteiger partial charge < -0.3 is 9.88 Å². The fourth-order valence-corrected chi connectivity index (χ4v) is 2.46. The number of fused-ring (bicyclic) bond motifs is 1. The van der Waals surface area contributed by atoms with Crippen LogP contribution >= 0.6 is 0 Å². The first-order chi connectivity index (χ1) is 10.3. The lowest BCUT2D eigenvalue weighted by Gasteiger charge is -2.06. The van der Waals surface area contributed by atoms with Gasteiger partial charge in [0.1, 0.15) is 5.69 Å². The first-order valence-corrected chi connectivity index (χ1v) is 6.97. The van der Waals surface area contributed by atoms with Gasteiger partial charge in [0.15, 0.2) is 0 Å². The number of carbonyl (C=O) groups is 1. The fourth-order valence-electron chi connectivity index (χ4n) is 2.46. The largest absolute Gasteiger partial charge is 0.350 e. The number of aryl methyl sites for hydroxylation is 1. The smallest absolute Gasteiger partial charge is 0.267 e. The zero-order chi connectivity index (χ0) is 14.7. The highest BCUT2D eigenvalue weighted by Crippen LogP contribution is 2.18. The van der Waals surface area contributed by atoms with E-state index in [2.05, 4.69) is 10.3 Å². The van der Waals surface area contributed by atoms with E-state index in [1.807, 2.05) is 60.3 Å². The van der Waals surface area contributed by atoms with Crippen LogP contribution in [0.25, 0.3) is 10.9 Å². The van der Waals surface area contributed by atoms with E-state index in [1.54, 1.807) is 6.20 Å². The average molecular weight is 279 g/mol. The first kappa shape index (κ1) is 13.4. The van der Waals surface area contributed by atoms with Crippen molar-refractivity contribution in [1.29, 1.82) is 0 Å². The van der Waals surface area contributed by atoms with Crippen molar-refractivity contribution in [3.63, 3.8) is 0 Å². The van der Waals surface area contributed by atoms with Crippen LogP contribution in [0.3, 0.4) is 0 Å². The summed E-state index contributed by atoms with van der Waals surface area (Å²) < 4.78 is 1.93. The summed E-state index contributed by atoms with van der Waals surface area (Å²) in [5.41, 5.74) is 2.87. The number of carbonyl (C=O) groups excluding carboxylic acids is 1. The van der Waals surface area contributed by atoms with Gasteiger partial charge in [0.25, 0.3) is 5.91 Å². The van der Waals surface area contributed by atoms with Crippen molar-refractivity contribution in [3.05, 3.63) is 66.1 Å². The van der Waals surface area contributed by atoms with Gasteiger partial charge in [-0.2, -0.15) is 0 Å². The molecule has 21 heavy (non-hydrogen) atoms. The number of amides is 1. The lowest BCUT2D eigenvalue weighted by atomic mass is 10.2. The summed E-state index contributed by atoms with van der Waals surface area (Å²) in [5.74, 6) is -0.0439. The summed E-state index contributed by atoms with van der Waals surface area (Å²) in [7, 11) is 1.92. The van der Waals surface area contributed by atoms with Gasteiger partial charge in [-0.1, -0.05) is 24.3 Å². The average Bonchev–Trinajstić information content (AvgIpc) is 2.86. The minimum absolute atomic E-state index is 0.0439. The van der Waals surface area contributed by atoms with Gasteiger partial charge in [0, 0.05) is 36.9 Å². The van der Waals surface area contributed by atoms with Crippen LogP contribution in [0.5, 0.6) is 0 Å². The van der Waals surface area contributed by atoms with Crippen LogP contribution in [-0.4, -0.2) is 22.0 Å². The topological polar surface area (TPSA) is 46.9 Å². The van der Waals surface area contributed by atoms with E-state index < -0.39 is 0 Å². The molecule has 0 unspecified atom stereocenters. The van der Waals surface area contributed by atoms with E-state index in [4.69, 9.17) is 0 Å². The number of para-hydroxylation sites is 1. The van der Waals surface area contributed by atoms with Crippen molar-refractivity contribution in [2.75, 3.05) is 6.54 Å². The zero-order valence-corrected chi connectivity index (χ0v) is 11.9. The number of rotatable bonds is 4. The van der Waals surface area contributed by atoms with Crippen LogP contribution in [-0.2, 0) is 13.5 Å². The number of hydrogen-bond acceptors (Lipinski definition) is 2. The van der Waals surface area contributed by atoms with Crippen LogP contribution in [0.4, 0.5) is 0 Å². The standard InChI is InChI=1S/C17H17N3O/c1-20-15-7-3-2-6-14(15)11-16(20)17(21)19-10-8-13-5-4-9-18-12-13/h2-7,9,11-12H,8,10H2,1H3,(H,19,21). The molecule has 106 valence electrons. The van der Waals surface area contributed by atoms with Crippen molar-refractivity contribution in [2.45, 2.75) is 6.42 Å². The molecule has 1 aromatic carbocycles. The summed E-state index contributed by atoms with van der Waals surface area (Å²) in [6, 6.07) is 13.8. The molecule has 2 aromatic heterocycles. The van der Waals surface area contributed by atoms with Gasteiger partial charge in [-0.3, -0.25) is 9.78 Å². The van der Waals surface area contributed by atoms with Gasteiger partial charge >= 0.3 is 0 Å². The molecular weight excluding hydrogens is 262 g/mol. The predicted molar refractivity (Wildman–Crippen MR) is 83.2 cm³/mol. The third-order valence-electron chi connectivity index (χ3n) is 3.61. The van der Waals surface area contributed by atoms with Crippen molar-refractivity contribution in [3.8, 4) is 0 Å². The SMILES string of the molecule is Cn1c(C(=O)NCCc2cccnc2)cc2ccccc21. The molecule has 2 heterocycles. The Morgan fingerprint density at radius 2 is 2.10 bits per heavy atom. The van der Waals surface area contributed by atoms with Crippen molar-refractivity contribution in [1.82, 2.24) is 14.9 Å². The number of pyridine rings is 1. The van der Waals surface area contributed by atoms with Gasteiger partial charge in [-0.15, -0.1) is 0 Å². The van der Waals surface area contributed by atoms with Crippen molar-refractivity contribution < 1.29 is 4.79 Å². The van der Waals surface area contributed by atoms with Gasteiger partial charge in [-0.05, 0) is 30.2 Å². The lowest BCUT2D eigenvalue weighted by molar-refractivity contribution is 0.0946. The maximum Gasteiger partial charge on any atom is 0.267 e. The molecule has 0 spiro atoms. The van der Waals surface area contributed by atoms with E-state index in [1.165, 1.54) is 0 Å². The second-order valence-electron chi connectivity index (χ2n) is 5.01. The molecule has 0 fully saturated rings. The number of aromatic nitrogens is 2. The second kappa shape index (κ2) is 5.79. The van der Waals surface area contributed by atoms with Crippen molar-refractivity contribution >= 4 is 16.8 Å². The molecule has 0 aliphatic rings. The molecule has 3 aromatic rings. The van der Waals surface area contributed by atoms with E-state index in [9.17, 15) is 4.79 Å².